The molecule has 0 saturated carbocycles. The molecular formula is C60H58F14N6O3. The molecule has 0 amide bonds. The first-order valence-corrected chi connectivity index (χ1v) is 26.4. The Balaban J connectivity index is 0.982. The van der Waals surface area contributed by atoms with E-state index in [0.29, 0.717) is 95.2 Å². The molecule has 4 aromatic carbocycles. The quantitative estimate of drug-likeness (QED) is 0.0815. The first kappa shape index (κ1) is 61.8. The number of hydrogen-bond acceptors (Lipinski definition) is 9. The summed E-state index contributed by atoms with van der Waals surface area (Å²) in [7, 11) is 0. The van der Waals surface area contributed by atoms with Gasteiger partial charge in [-0.3, -0.25) is 9.59 Å². The highest BCUT2D eigenvalue weighted by Crippen LogP contribution is 2.43. The van der Waals surface area contributed by atoms with Crippen LogP contribution < -0.4 is 20.4 Å². The van der Waals surface area contributed by atoms with E-state index < -0.39 is 105 Å². The number of halogens is 14. The molecule has 2 aliphatic rings. The molecule has 2 N–H and O–H groups in total. The Bertz CT molecular complexity index is 3110. The minimum Gasteiger partial charge on any atom is -0.377 e. The van der Waals surface area contributed by atoms with Crippen molar-refractivity contribution < 1.29 is 75.8 Å². The number of hydrogen-bond donors (Lipinski definition) is 2. The van der Waals surface area contributed by atoms with Gasteiger partial charge in [-0.2, -0.15) is 52.7 Å². The molecule has 2 aliphatic heterocycles. The standard InChI is InChI=1S/C60H58F14N6O3/c1-33-17-41(61)11-13-45(33)47-25-53(77-27-49(47)75-29-51(81)55(3,4)35-19-37(57(63,64)65)23-38(20-35)58(66,67)68)79-15-7-9-43(79)31-83-32-44-10-8-16-80(44)54-26-48(46-14-12-42(62)18-34(46)2)50(28-78-54)76-30-52(82)56(5,6)36-21-39(59(69,70)71)24-40(22-36)60(72,73)74/h11-14,17-28,43-44,75-76H,7-10,15-16,29-32H2,1-6H3. The lowest BCUT2D eigenvalue weighted by molar-refractivity contribution is -0.144. The lowest BCUT2D eigenvalue weighted by atomic mass is 9.79. The highest BCUT2D eigenvalue weighted by Gasteiger charge is 2.42. The smallest absolute Gasteiger partial charge is 0.377 e. The summed E-state index contributed by atoms with van der Waals surface area (Å²) in [6, 6.07) is 13.5. The average Bonchev–Trinajstić information content (AvgIpc) is 3.44. The Labute approximate surface area is 469 Å². The van der Waals surface area contributed by atoms with Crippen molar-refractivity contribution >= 4 is 34.6 Å². The third kappa shape index (κ3) is 13.9. The van der Waals surface area contributed by atoms with Crippen molar-refractivity contribution in [2.75, 3.05) is 59.8 Å². The van der Waals surface area contributed by atoms with Gasteiger partial charge in [0.15, 0.2) is 11.6 Å². The van der Waals surface area contributed by atoms with Gasteiger partial charge in [-0.1, -0.05) is 12.1 Å². The second kappa shape index (κ2) is 23.4. The number of aryl methyl sites for hydroxylation is 2. The van der Waals surface area contributed by atoms with Crippen LogP contribution in [-0.4, -0.2) is 73.0 Å². The van der Waals surface area contributed by atoms with E-state index >= 15 is 0 Å². The SMILES string of the molecule is Cc1cc(F)ccc1-c1cc(N2CCCC2COCC2CCCN2c2cc(-c3ccc(F)cc3C)c(NCC(=O)C(C)(C)c3cc(C(F)(F)F)cc(C(F)(F)F)c3)cn2)ncc1NCC(=O)C(C)(C)c1cc(C(F)(F)F)cc(C(F)(F)F)c1. The number of carbonyl (C=O) groups excluding carboxylic acids is 2. The van der Waals surface area contributed by atoms with Crippen LogP contribution in [0.25, 0.3) is 22.3 Å². The molecule has 0 radical (unpaired) electrons. The Kier molecular flexibility index (Phi) is 17.4. The normalized spacial score (nSPS) is 16.4. The number of benzene rings is 4. The Morgan fingerprint density at radius 2 is 0.819 bits per heavy atom. The lowest BCUT2D eigenvalue weighted by Gasteiger charge is -2.30. The molecule has 2 saturated heterocycles. The number of nitrogens with one attached hydrogen (secondary N) is 2. The first-order valence-electron chi connectivity index (χ1n) is 26.4. The number of rotatable bonds is 18. The summed E-state index contributed by atoms with van der Waals surface area (Å²) in [5.74, 6) is -1.47. The van der Waals surface area contributed by atoms with Gasteiger partial charge in [0.1, 0.15) is 23.3 Å². The molecule has 9 nitrogen and oxygen atoms in total. The number of alkyl halides is 12. The van der Waals surface area contributed by atoms with Crippen LogP contribution in [0.15, 0.2) is 97.3 Å². The molecule has 2 atom stereocenters. The fourth-order valence-corrected chi connectivity index (χ4v) is 10.5. The van der Waals surface area contributed by atoms with Crippen LogP contribution in [0.3, 0.4) is 0 Å². The van der Waals surface area contributed by atoms with Gasteiger partial charge in [0, 0.05) is 24.2 Å². The first-order chi connectivity index (χ1) is 38.6. The van der Waals surface area contributed by atoms with Crippen molar-refractivity contribution in [2.24, 2.45) is 0 Å². The minimum atomic E-state index is -5.13. The second-order valence-electron chi connectivity index (χ2n) is 22.0. The van der Waals surface area contributed by atoms with Gasteiger partial charge >= 0.3 is 24.7 Å². The molecule has 2 aromatic heterocycles. The molecule has 0 aliphatic carbocycles. The molecule has 23 heteroatoms. The predicted octanol–water partition coefficient (Wildman–Crippen LogP) is 15.4. The maximum absolute atomic E-state index is 14.5. The van der Waals surface area contributed by atoms with Gasteiger partial charge in [-0.25, -0.2) is 18.7 Å². The summed E-state index contributed by atoms with van der Waals surface area (Å²) in [6.45, 7) is 8.88. The van der Waals surface area contributed by atoms with Crippen LogP contribution in [0.2, 0.25) is 0 Å². The van der Waals surface area contributed by atoms with E-state index in [1.807, 2.05) is 0 Å². The maximum Gasteiger partial charge on any atom is 0.416 e. The maximum atomic E-state index is 14.5. The second-order valence-corrected chi connectivity index (χ2v) is 22.0. The summed E-state index contributed by atoms with van der Waals surface area (Å²) < 4.78 is 201. The molecule has 83 heavy (non-hydrogen) atoms. The summed E-state index contributed by atoms with van der Waals surface area (Å²) in [5, 5.41) is 5.98. The molecule has 444 valence electrons. The molecule has 4 heterocycles. The number of ketones is 2. The number of ether oxygens (including phenoxy) is 1. The number of nitrogens with zero attached hydrogens (tertiary/aromatic N) is 4. The third-order valence-corrected chi connectivity index (χ3v) is 15.6. The van der Waals surface area contributed by atoms with Gasteiger partial charge in [0.05, 0.1) is 95.2 Å². The van der Waals surface area contributed by atoms with Crippen molar-refractivity contribution in [1.29, 1.82) is 0 Å². The molecule has 0 spiro atoms. The highest BCUT2D eigenvalue weighted by molar-refractivity contribution is 5.95. The monoisotopic (exact) mass is 1180 g/mol. The Morgan fingerprint density at radius 3 is 1.13 bits per heavy atom. The minimum absolute atomic E-state index is 0.00467. The lowest BCUT2D eigenvalue weighted by Crippen LogP contribution is -2.37. The van der Waals surface area contributed by atoms with Crippen LogP contribution in [0, 0.1) is 25.5 Å². The van der Waals surface area contributed by atoms with Crippen LogP contribution >= 0.6 is 0 Å². The van der Waals surface area contributed by atoms with E-state index in [1.165, 1.54) is 64.4 Å². The zero-order valence-electron chi connectivity index (χ0n) is 45.8. The van der Waals surface area contributed by atoms with Gasteiger partial charge in [0.25, 0.3) is 0 Å². The van der Waals surface area contributed by atoms with E-state index in [9.17, 15) is 71.1 Å². The van der Waals surface area contributed by atoms with Gasteiger partial charge in [0.2, 0.25) is 0 Å². The average molecular weight is 1180 g/mol. The van der Waals surface area contributed by atoms with E-state index in [-0.39, 0.29) is 48.8 Å². The summed E-state index contributed by atoms with van der Waals surface area (Å²) in [6.07, 6.45) is -14.7. The predicted molar refractivity (Wildman–Crippen MR) is 286 cm³/mol. The van der Waals surface area contributed by atoms with Crippen molar-refractivity contribution in [3.63, 3.8) is 0 Å². The fraction of sp³-hybridized carbons (Fsp3) is 0.400. The highest BCUT2D eigenvalue weighted by atomic mass is 19.4. The molecular weight excluding hydrogens is 1120 g/mol. The summed E-state index contributed by atoms with van der Waals surface area (Å²) in [5.41, 5.74) is -7.16. The van der Waals surface area contributed by atoms with Crippen LogP contribution in [-0.2, 0) is 49.9 Å². The number of aromatic nitrogens is 2. The Morgan fingerprint density at radius 1 is 0.494 bits per heavy atom. The number of anilines is 4. The van der Waals surface area contributed by atoms with Crippen molar-refractivity contribution in [1.82, 2.24) is 9.97 Å². The molecule has 8 rings (SSSR count). The van der Waals surface area contributed by atoms with Crippen molar-refractivity contribution in [3.05, 3.63) is 153 Å². The molecule has 6 aromatic rings. The topological polar surface area (TPSA) is 99.7 Å². The van der Waals surface area contributed by atoms with Gasteiger partial charge in [-0.05, 0) is 173 Å². The van der Waals surface area contributed by atoms with Crippen LogP contribution in [0.1, 0.15) is 97.9 Å². The van der Waals surface area contributed by atoms with Crippen molar-refractivity contribution in [2.45, 2.75) is 115 Å². The van der Waals surface area contributed by atoms with Gasteiger partial charge in [-0.15, -0.1) is 0 Å². The number of pyridine rings is 2. The number of carbonyl (C=O) groups is 2. The largest absolute Gasteiger partial charge is 0.416 e. The Hall–Kier alpha value is -7.30. The molecule has 2 unspecified atom stereocenters. The van der Waals surface area contributed by atoms with E-state index in [1.54, 1.807) is 38.1 Å². The summed E-state index contributed by atoms with van der Waals surface area (Å²) >= 11 is 0. The molecule has 0 bridgehead atoms. The number of Topliss-reactive ketones (excluding diaryl/α,β-unsaturated/α-hetero) is 2. The van der Waals surface area contributed by atoms with E-state index in [4.69, 9.17) is 14.7 Å². The van der Waals surface area contributed by atoms with Crippen LogP contribution in [0.4, 0.5) is 84.5 Å². The fourth-order valence-electron chi connectivity index (χ4n) is 10.5. The van der Waals surface area contributed by atoms with E-state index in [2.05, 4.69) is 20.4 Å². The third-order valence-electron chi connectivity index (χ3n) is 15.6. The van der Waals surface area contributed by atoms with Crippen molar-refractivity contribution in [3.8, 4) is 22.3 Å². The molecule has 2 fully saturated rings. The summed E-state index contributed by atoms with van der Waals surface area (Å²) in [4.78, 5) is 41.2. The van der Waals surface area contributed by atoms with E-state index in [0.717, 1.165) is 12.8 Å². The zero-order chi connectivity index (χ0) is 60.8. The zero-order valence-corrected chi connectivity index (χ0v) is 45.8. The van der Waals surface area contributed by atoms with Crippen LogP contribution in [0.5, 0.6) is 0 Å². The van der Waals surface area contributed by atoms with Gasteiger partial charge < -0.3 is 25.2 Å².